The van der Waals surface area contributed by atoms with Crippen LogP contribution in [0.25, 0.3) is 0 Å². The molecule has 0 aromatic rings. The summed E-state index contributed by atoms with van der Waals surface area (Å²) in [7, 11) is 0. The van der Waals surface area contributed by atoms with Crippen LogP contribution in [-0.2, 0) is 0 Å². The van der Waals surface area contributed by atoms with Gasteiger partial charge in [0.25, 0.3) is 0 Å². The molecule has 0 saturated heterocycles. The van der Waals surface area contributed by atoms with Gasteiger partial charge in [-0.2, -0.15) is 0 Å². The lowest BCUT2D eigenvalue weighted by molar-refractivity contribution is 0.664. The maximum absolute atomic E-state index is 11.9. The molecular formula is C8H13F. The molecule has 0 amide bonds. The van der Waals surface area contributed by atoms with E-state index in [1.807, 2.05) is 0 Å². The number of rotatable bonds is 1. The van der Waals surface area contributed by atoms with E-state index < -0.39 is 0 Å². The van der Waals surface area contributed by atoms with E-state index in [2.05, 4.69) is 13.2 Å². The van der Waals surface area contributed by atoms with E-state index in [9.17, 15) is 4.39 Å². The molecule has 0 aromatic heterocycles. The first-order valence-electron chi connectivity index (χ1n) is 2.75. The average molecular weight is 128 g/mol. The summed E-state index contributed by atoms with van der Waals surface area (Å²) in [6, 6.07) is 0. The van der Waals surface area contributed by atoms with Gasteiger partial charge in [0.2, 0.25) is 0 Å². The molecule has 0 N–H and O–H groups in total. The van der Waals surface area contributed by atoms with E-state index in [-0.39, 0.29) is 5.83 Å². The third-order valence-corrected chi connectivity index (χ3v) is 0.602. The minimum atomic E-state index is -0.178. The van der Waals surface area contributed by atoms with E-state index in [1.165, 1.54) is 12.2 Å². The summed E-state index contributed by atoms with van der Waals surface area (Å²) in [5, 5.41) is 0. The largest absolute Gasteiger partial charge is 0.207 e. The lowest BCUT2D eigenvalue weighted by atomic mass is 10.4. The summed E-state index contributed by atoms with van der Waals surface area (Å²) in [6.07, 6.45) is 4.50. The summed E-state index contributed by atoms with van der Waals surface area (Å²) in [6.45, 7) is 9.44. The van der Waals surface area contributed by atoms with Crippen molar-refractivity contribution >= 4 is 0 Å². The molecule has 0 aromatic carbocycles. The predicted molar refractivity (Wildman–Crippen MR) is 40.9 cm³/mol. The maximum atomic E-state index is 11.9. The second-order valence-electron chi connectivity index (χ2n) is 1.17. The molecule has 0 aliphatic rings. The van der Waals surface area contributed by atoms with Gasteiger partial charge in [-0.1, -0.05) is 12.2 Å². The maximum Gasteiger partial charge on any atom is 0.118 e. The van der Waals surface area contributed by atoms with Crippen LogP contribution in [0.4, 0.5) is 4.39 Å². The third kappa shape index (κ3) is 11.0. The first-order chi connectivity index (χ1) is 4.31. The normalized spacial score (nSPS) is 10.8. The SMILES string of the molecule is C/C=C\C(F)=C/C.C=C. The van der Waals surface area contributed by atoms with Gasteiger partial charge in [-0.05, 0) is 19.9 Å². The molecular weight excluding hydrogens is 115 g/mol. The topological polar surface area (TPSA) is 0 Å². The van der Waals surface area contributed by atoms with E-state index in [0.717, 1.165) is 0 Å². The van der Waals surface area contributed by atoms with Crippen molar-refractivity contribution in [3.8, 4) is 0 Å². The summed E-state index contributed by atoms with van der Waals surface area (Å²) < 4.78 is 11.9. The van der Waals surface area contributed by atoms with Gasteiger partial charge in [-0.15, -0.1) is 13.2 Å². The Kier molecular flexibility index (Phi) is 12.5. The van der Waals surface area contributed by atoms with Crippen LogP contribution in [0.3, 0.4) is 0 Å². The van der Waals surface area contributed by atoms with Gasteiger partial charge in [-0.25, -0.2) is 4.39 Å². The molecule has 9 heavy (non-hydrogen) atoms. The molecule has 0 rings (SSSR count). The molecule has 1 heteroatoms. The van der Waals surface area contributed by atoms with Crippen molar-refractivity contribution in [2.75, 3.05) is 0 Å². The Labute approximate surface area is 56.4 Å². The van der Waals surface area contributed by atoms with Gasteiger partial charge in [0.1, 0.15) is 5.83 Å². The van der Waals surface area contributed by atoms with Gasteiger partial charge in [0.15, 0.2) is 0 Å². The zero-order valence-electron chi connectivity index (χ0n) is 6.02. The van der Waals surface area contributed by atoms with Crippen LogP contribution < -0.4 is 0 Å². The highest BCUT2D eigenvalue weighted by Gasteiger charge is 1.75. The van der Waals surface area contributed by atoms with Crippen LogP contribution in [0.15, 0.2) is 37.2 Å². The van der Waals surface area contributed by atoms with Crippen molar-refractivity contribution in [1.29, 1.82) is 0 Å². The van der Waals surface area contributed by atoms with Crippen LogP contribution in [0.1, 0.15) is 13.8 Å². The first-order valence-corrected chi connectivity index (χ1v) is 2.75. The quantitative estimate of drug-likeness (QED) is 0.375. The van der Waals surface area contributed by atoms with Crippen LogP contribution in [0, 0.1) is 0 Å². The summed E-state index contributed by atoms with van der Waals surface area (Å²) in [4.78, 5) is 0. The minimum absolute atomic E-state index is 0.178. The highest BCUT2D eigenvalue weighted by atomic mass is 19.1. The highest BCUT2D eigenvalue weighted by molar-refractivity contribution is 5.08. The fraction of sp³-hybridized carbons (Fsp3) is 0.250. The fourth-order valence-corrected chi connectivity index (χ4v) is 0.255. The van der Waals surface area contributed by atoms with Gasteiger partial charge in [0, 0.05) is 0 Å². The summed E-state index contributed by atoms with van der Waals surface area (Å²) in [5.74, 6) is -0.178. The molecule has 0 saturated carbocycles. The van der Waals surface area contributed by atoms with E-state index >= 15 is 0 Å². The van der Waals surface area contributed by atoms with Crippen molar-refractivity contribution in [1.82, 2.24) is 0 Å². The van der Waals surface area contributed by atoms with Crippen molar-refractivity contribution in [3.63, 3.8) is 0 Å². The molecule has 0 nitrogen and oxygen atoms in total. The fourth-order valence-electron chi connectivity index (χ4n) is 0.255. The molecule has 0 unspecified atom stereocenters. The number of allylic oxidation sites excluding steroid dienone is 4. The molecule has 0 radical (unpaired) electrons. The zero-order chi connectivity index (χ0) is 7.70. The van der Waals surface area contributed by atoms with Crippen molar-refractivity contribution in [2.24, 2.45) is 0 Å². The standard InChI is InChI=1S/C6H9F.C2H4/c1-3-5-6(7)4-2;1-2/h3-5H,1-2H3;1-2H2/b5-3-,6-4+;. The van der Waals surface area contributed by atoms with Crippen LogP contribution in [0.5, 0.6) is 0 Å². The highest BCUT2D eigenvalue weighted by Crippen LogP contribution is 1.95. The lowest BCUT2D eigenvalue weighted by Crippen LogP contribution is -1.57. The zero-order valence-corrected chi connectivity index (χ0v) is 6.02. The Hall–Kier alpha value is -0.850. The Bertz CT molecular complexity index is 101. The Morgan fingerprint density at radius 3 is 1.89 bits per heavy atom. The van der Waals surface area contributed by atoms with Crippen molar-refractivity contribution in [2.45, 2.75) is 13.8 Å². The molecule has 0 aliphatic carbocycles. The van der Waals surface area contributed by atoms with Gasteiger partial charge in [-0.3, -0.25) is 0 Å². The average Bonchev–Trinajstić information content (AvgIpc) is 1.93. The van der Waals surface area contributed by atoms with Crippen LogP contribution in [0.2, 0.25) is 0 Å². The smallest absolute Gasteiger partial charge is 0.118 e. The van der Waals surface area contributed by atoms with Crippen LogP contribution in [-0.4, -0.2) is 0 Å². The molecule has 0 spiro atoms. The van der Waals surface area contributed by atoms with E-state index in [4.69, 9.17) is 0 Å². The Morgan fingerprint density at radius 1 is 1.33 bits per heavy atom. The summed E-state index contributed by atoms with van der Waals surface area (Å²) in [5.41, 5.74) is 0. The Morgan fingerprint density at radius 2 is 1.78 bits per heavy atom. The predicted octanol–water partition coefficient (Wildman–Crippen LogP) is 3.24. The number of halogens is 1. The first kappa shape index (κ1) is 11.0. The molecule has 52 valence electrons. The second kappa shape index (κ2) is 10.2. The van der Waals surface area contributed by atoms with Crippen LogP contribution >= 0.6 is 0 Å². The van der Waals surface area contributed by atoms with Gasteiger partial charge >= 0.3 is 0 Å². The molecule has 0 atom stereocenters. The monoisotopic (exact) mass is 128 g/mol. The van der Waals surface area contributed by atoms with E-state index in [0.29, 0.717) is 0 Å². The molecule has 0 heterocycles. The van der Waals surface area contributed by atoms with Crippen molar-refractivity contribution < 1.29 is 4.39 Å². The minimum Gasteiger partial charge on any atom is -0.207 e. The lowest BCUT2D eigenvalue weighted by Gasteiger charge is -1.76. The number of hydrogen-bond donors (Lipinski definition) is 0. The molecule has 0 bridgehead atoms. The molecule has 0 fully saturated rings. The Balaban J connectivity index is 0. The molecule has 0 aliphatic heterocycles. The summed E-state index contributed by atoms with van der Waals surface area (Å²) >= 11 is 0. The second-order valence-corrected chi connectivity index (χ2v) is 1.17. The van der Waals surface area contributed by atoms with Gasteiger partial charge < -0.3 is 0 Å². The van der Waals surface area contributed by atoms with Crippen molar-refractivity contribution in [3.05, 3.63) is 37.2 Å². The van der Waals surface area contributed by atoms with E-state index in [1.54, 1.807) is 19.9 Å². The third-order valence-electron chi connectivity index (χ3n) is 0.602. The van der Waals surface area contributed by atoms with Gasteiger partial charge in [0.05, 0.1) is 0 Å². The number of hydrogen-bond acceptors (Lipinski definition) is 0.